The molecule has 0 rings (SSSR count). The number of thioether (sulfide) groups is 1. The number of ether oxygens (including phenoxy) is 1. The molecule has 0 unspecified atom stereocenters. The van der Waals surface area contributed by atoms with Crippen LogP contribution in [0.25, 0.3) is 0 Å². The second-order valence-corrected chi connectivity index (χ2v) is 3.86. The topological polar surface area (TPSA) is 43.4 Å². The molecule has 0 spiro atoms. The first kappa shape index (κ1) is 12.5. The Morgan fingerprint density at radius 3 is 2.54 bits per heavy atom. The van der Waals surface area contributed by atoms with Crippen molar-refractivity contribution < 1.29 is 14.3 Å². The van der Waals surface area contributed by atoms with Crippen LogP contribution >= 0.6 is 11.8 Å². The second-order valence-electron chi connectivity index (χ2n) is 2.47. The largest absolute Gasteiger partial charge is 0.466 e. The van der Waals surface area contributed by atoms with Gasteiger partial charge in [0.1, 0.15) is 12.2 Å². The highest BCUT2D eigenvalue weighted by molar-refractivity contribution is 7.99. The molecule has 76 valence electrons. The van der Waals surface area contributed by atoms with Crippen LogP contribution < -0.4 is 0 Å². The SMILES string of the molecule is CCOC(=O)CC(=O)CCSCC. The maximum atomic E-state index is 11.1. The minimum Gasteiger partial charge on any atom is -0.466 e. The second kappa shape index (κ2) is 8.10. The summed E-state index contributed by atoms with van der Waals surface area (Å²) in [6.07, 6.45) is 0.398. The van der Waals surface area contributed by atoms with Gasteiger partial charge in [-0.3, -0.25) is 9.59 Å². The van der Waals surface area contributed by atoms with E-state index in [0.29, 0.717) is 13.0 Å². The minimum absolute atomic E-state index is 0.0283. The maximum Gasteiger partial charge on any atom is 0.313 e. The minimum atomic E-state index is -0.408. The molecule has 0 aliphatic heterocycles. The van der Waals surface area contributed by atoms with Crippen LogP contribution in [0.3, 0.4) is 0 Å². The lowest BCUT2D eigenvalue weighted by molar-refractivity contribution is -0.145. The van der Waals surface area contributed by atoms with Crippen molar-refractivity contribution >= 4 is 23.5 Å². The zero-order chi connectivity index (χ0) is 10.1. The highest BCUT2D eigenvalue weighted by Gasteiger charge is 2.09. The quantitative estimate of drug-likeness (QED) is 0.359. The summed E-state index contributed by atoms with van der Waals surface area (Å²) in [4.78, 5) is 21.9. The zero-order valence-corrected chi connectivity index (χ0v) is 8.99. The summed E-state index contributed by atoms with van der Waals surface area (Å²) in [5, 5.41) is 0. The number of hydrogen-bond donors (Lipinski definition) is 0. The molecule has 0 amide bonds. The monoisotopic (exact) mass is 204 g/mol. The molecule has 0 radical (unpaired) electrons. The number of carbonyl (C=O) groups excluding carboxylic acids is 2. The van der Waals surface area contributed by atoms with Crippen molar-refractivity contribution in [3.63, 3.8) is 0 Å². The lowest BCUT2D eigenvalue weighted by Gasteiger charge is -2.00. The van der Waals surface area contributed by atoms with E-state index >= 15 is 0 Å². The van der Waals surface area contributed by atoms with Crippen molar-refractivity contribution in [1.29, 1.82) is 0 Å². The molecule has 0 atom stereocenters. The average Bonchev–Trinajstić information content (AvgIpc) is 2.05. The van der Waals surface area contributed by atoms with Crippen LogP contribution in [0.4, 0.5) is 0 Å². The van der Waals surface area contributed by atoms with Gasteiger partial charge in [0.2, 0.25) is 0 Å². The Bertz CT molecular complexity index is 168. The smallest absolute Gasteiger partial charge is 0.313 e. The summed E-state index contributed by atoms with van der Waals surface area (Å²) >= 11 is 1.70. The van der Waals surface area contributed by atoms with E-state index in [1.165, 1.54) is 0 Å². The number of carbonyl (C=O) groups is 2. The number of hydrogen-bond acceptors (Lipinski definition) is 4. The number of ketones is 1. The lowest BCUT2D eigenvalue weighted by atomic mass is 10.2. The number of rotatable bonds is 7. The van der Waals surface area contributed by atoms with Gasteiger partial charge >= 0.3 is 5.97 Å². The van der Waals surface area contributed by atoms with Gasteiger partial charge in [0.25, 0.3) is 0 Å². The van der Waals surface area contributed by atoms with Crippen LogP contribution in [0.2, 0.25) is 0 Å². The first-order valence-electron chi connectivity index (χ1n) is 4.45. The normalized spacial score (nSPS) is 9.69. The van der Waals surface area contributed by atoms with Crippen LogP contribution in [0.1, 0.15) is 26.7 Å². The van der Waals surface area contributed by atoms with E-state index in [2.05, 4.69) is 4.74 Å². The summed E-state index contributed by atoms with van der Waals surface area (Å²) in [5.41, 5.74) is 0. The summed E-state index contributed by atoms with van der Waals surface area (Å²) in [6.45, 7) is 4.12. The molecule has 0 bridgehead atoms. The van der Waals surface area contributed by atoms with Crippen LogP contribution in [0.15, 0.2) is 0 Å². The molecule has 0 aliphatic rings. The predicted molar refractivity (Wildman–Crippen MR) is 53.9 cm³/mol. The molecule has 0 aromatic carbocycles. The van der Waals surface area contributed by atoms with E-state index in [9.17, 15) is 9.59 Å². The molecule has 0 saturated carbocycles. The maximum absolute atomic E-state index is 11.1. The third-order valence-corrected chi connectivity index (χ3v) is 2.28. The lowest BCUT2D eigenvalue weighted by Crippen LogP contribution is -2.11. The van der Waals surface area contributed by atoms with Crippen molar-refractivity contribution in [2.75, 3.05) is 18.1 Å². The van der Waals surface area contributed by atoms with E-state index in [4.69, 9.17) is 0 Å². The molecule has 0 saturated heterocycles. The fourth-order valence-electron chi connectivity index (χ4n) is 0.792. The highest BCUT2D eigenvalue weighted by Crippen LogP contribution is 2.03. The fourth-order valence-corrected chi connectivity index (χ4v) is 1.45. The van der Waals surface area contributed by atoms with Gasteiger partial charge in [-0.05, 0) is 12.7 Å². The third-order valence-electron chi connectivity index (χ3n) is 1.38. The van der Waals surface area contributed by atoms with E-state index in [-0.39, 0.29) is 12.2 Å². The van der Waals surface area contributed by atoms with Crippen molar-refractivity contribution in [3.8, 4) is 0 Å². The van der Waals surface area contributed by atoms with E-state index in [1.54, 1.807) is 18.7 Å². The molecule has 0 aromatic heterocycles. The number of Topliss-reactive ketones (excluding diaryl/α,β-unsaturated/α-hetero) is 1. The first-order chi connectivity index (χ1) is 6.20. The summed E-state index contributed by atoms with van der Waals surface area (Å²) in [5.74, 6) is 1.37. The van der Waals surface area contributed by atoms with Gasteiger partial charge in [0.15, 0.2) is 0 Å². The molecule has 0 heterocycles. The molecule has 13 heavy (non-hydrogen) atoms. The van der Waals surface area contributed by atoms with Crippen LogP contribution in [0.5, 0.6) is 0 Å². The third kappa shape index (κ3) is 7.84. The van der Waals surface area contributed by atoms with Crippen LogP contribution in [-0.2, 0) is 14.3 Å². The Balaban J connectivity index is 3.44. The molecule has 0 aromatic rings. The Morgan fingerprint density at radius 1 is 1.31 bits per heavy atom. The van der Waals surface area contributed by atoms with Crippen molar-refractivity contribution in [1.82, 2.24) is 0 Å². The first-order valence-corrected chi connectivity index (χ1v) is 5.61. The molecule has 0 N–H and O–H groups in total. The molecule has 0 fully saturated rings. The van der Waals surface area contributed by atoms with Gasteiger partial charge in [-0.25, -0.2) is 0 Å². The van der Waals surface area contributed by atoms with Gasteiger partial charge in [0, 0.05) is 12.2 Å². The molecular formula is C9H16O3S. The summed E-state index contributed by atoms with van der Waals surface area (Å²) in [7, 11) is 0. The fraction of sp³-hybridized carbons (Fsp3) is 0.778. The zero-order valence-electron chi connectivity index (χ0n) is 8.17. The Labute approximate surface area is 83.2 Å². The van der Waals surface area contributed by atoms with Crippen molar-refractivity contribution in [2.45, 2.75) is 26.7 Å². The van der Waals surface area contributed by atoms with Crippen LogP contribution in [-0.4, -0.2) is 29.9 Å². The summed E-state index contributed by atoms with van der Waals surface area (Å²) < 4.78 is 4.65. The Hall–Kier alpha value is -0.510. The van der Waals surface area contributed by atoms with E-state index < -0.39 is 5.97 Å². The standard InChI is InChI=1S/C9H16O3S/c1-3-12-9(11)7-8(10)5-6-13-4-2/h3-7H2,1-2H3. The van der Waals surface area contributed by atoms with Gasteiger partial charge in [-0.15, -0.1) is 0 Å². The van der Waals surface area contributed by atoms with E-state index in [0.717, 1.165) is 11.5 Å². The molecule has 0 aliphatic carbocycles. The summed E-state index contributed by atoms with van der Waals surface area (Å²) in [6, 6.07) is 0. The molecule has 3 nitrogen and oxygen atoms in total. The van der Waals surface area contributed by atoms with Gasteiger partial charge in [-0.1, -0.05) is 6.92 Å². The van der Waals surface area contributed by atoms with Crippen molar-refractivity contribution in [2.24, 2.45) is 0 Å². The van der Waals surface area contributed by atoms with E-state index in [1.807, 2.05) is 6.92 Å². The van der Waals surface area contributed by atoms with Crippen molar-refractivity contribution in [3.05, 3.63) is 0 Å². The van der Waals surface area contributed by atoms with Gasteiger partial charge in [0.05, 0.1) is 6.61 Å². The molecular weight excluding hydrogens is 188 g/mol. The predicted octanol–water partition coefficient (Wildman–Crippen LogP) is 1.65. The van der Waals surface area contributed by atoms with Crippen LogP contribution in [0, 0.1) is 0 Å². The van der Waals surface area contributed by atoms with Gasteiger partial charge in [-0.2, -0.15) is 11.8 Å². The Morgan fingerprint density at radius 2 is 2.00 bits per heavy atom. The number of esters is 1. The van der Waals surface area contributed by atoms with Gasteiger partial charge < -0.3 is 4.74 Å². The average molecular weight is 204 g/mol. The Kier molecular flexibility index (Phi) is 7.79. The highest BCUT2D eigenvalue weighted by atomic mass is 32.2. The molecule has 4 heteroatoms.